The number of fused-ring (bicyclic) bond motifs is 1. The number of anilines is 1. The molecular formula is C23H27N3O. The van der Waals surface area contributed by atoms with E-state index in [1.807, 2.05) is 31.2 Å². The molecule has 0 saturated carbocycles. The van der Waals surface area contributed by atoms with Crippen LogP contribution in [0.5, 0.6) is 0 Å². The van der Waals surface area contributed by atoms with Crippen LogP contribution < -0.4 is 4.90 Å². The van der Waals surface area contributed by atoms with Gasteiger partial charge in [0.05, 0.1) is 6.54 Å². The van der Waals surface area contributed by atoms with Gasteiger partial charge < -0.3 is 9.88 Å². The number of ketones is 1. The van der Waals surface area contributed by atoms with E-state index >= 15 is 0 Å². The largest absolute Gasteiger partial charge is 0.369 e. The fourth-order valence-corrected chi connectivity index (χ4v) is 4.14. The van der Waals surface area contributed by atoms with Crippen molar-refractivity contribution in [2.45, 2.75) is 20.8 Å². The van der Waals surface area contributed by atoms with Crippen LogP contribution >= 0.6 is 0 Å². The molecule has 4 heteroatoms. The molecule has 4 rings (SSSR count). The van der Waals surface area contributed by atoms with Gasteiger partial charge in [-0.05, 0) is 44.0 Å². The van der Waals surface area contributed by atoms with Gasteiger partial charge in [-0.3, -0.25) is 9.69 Å². The van der Waals surface area contributed by atoms with E-state index in [1.54, 1.807) is 0 Å². The lowest BCUT2D eigenvalue weighted by atomic mass is 10.1. The number of piperazine rings is 1. The van der Waals surface area contributed by atoms with E-state index in [-0.39, 0.29) is 5.78 Å². The summed E-state index contributed by atoms with van der Waals surface area (Å²) in [7, 11) is 0. The average Bonchev–Trinajstić information content (AvgIpc) is 3.00. The fraction of sp³-hybridized carbons (Fsp3) is 0.348. The predicted molar refractivity (Wildman–Crippen MR) is 112 cm³/mol. The number of aromatic nitrogens is 1. The summed E-state index contributed by atoms with van der Waals surface area (Å²) in [6.45, 7) is 10.6. The van der Waals surface area contributed by atoms with Gasteiger partial charge in [0, 0.05) is 54.0 Å². The van der Waals surface area contributed by atoms with Crippen molar-refractivity contribution in [1.82, 2.24) is 9.88 Å². The smallest absolute Gasteiger partial charge is 0.179 e. The maximum absolute atomic E-state index is 13.0. The van der Waals surface area contributed by atoms with Crippen molar-refractivity contribution >= 4 is 22.4 Å². The summed E-state index contributed by atoms with van der Waals surface area (Å²) in [5, 5.41) is 1.04. The Labute approximate surface area is 160 Å². The Morgan fingerprint density at radius 3 is 2.48 bits per heavy atom. The zero-order chi connectivity index (χ0) is 19.0. The second-order valence-electron chi connectivity index (χ2n) is 7.58. The number of nitrogens with one attached hydrogen (secondary N) is 1. The molecule has 0 unspecified atom stereocenters. The van der Waals surface area contributed by atoms with Crippen LogP contribution in [0.2, 0.25) is 0 Å². The van der Waals surface area contributed by atoms with Gasteiger partial charge in [-0.15, -0.1) is 0 Å². The third-order valence-electron chi connectivity index (χ3n) is 5.83. The van der Waals surface area contributed by atoms with Gasteiger partial charge in [-0.1, -0.05) is 30.3 Å². The Balaban J connectivity index is 1.44. The van der Waals surface area contributed by atoms with E-state index in [2.05, 4.69) is 46.8 Å². The SMILES string of the molecule is Cc1cccc(N2CCN(CC(=O)c3c(C)[nH]c4ccccc34)CC2)c1C. The van der Waals surface area contributed by atoms with E-state index in [0.717, 1.165) is 48.3 Å². The fourth-order valence-electron chi connectivity index (χ4n) is 4.14. The number of aromatic amines is 1. The van der Waals surface area contributed by atoms with Crippen molar-refractivity contribution in [2.75, 3.05) is 37.6 Å². The Bertz CT molecular complexity index is 980. The molecular weight excluding hydrogens is 334 g/mol. The number of rotatable bonds is 4. The molecule has 0 atom stereocenters. The third-order valence-corrected chi connectivity index (χ3v) is 5.83. The van der Waals surface area contributed by atoms with E-state index in [4.69, 9.17) is 0 Å². The van der Waals surface area contributed by atoms with Crippen LogP contribution in [0.4, 0.5) is 5.69 Å². The first-order valence-corrected chi connectivity index (χ1v) is 9.68. The molecule has 140 valence electrons. The van der Waals surface area contributed by atoms with Gasteiger partial charge in [0.25, 0.3) is 0 Å². The first-order valence-electron chi connectivity index (χ1n) is 9.68. The second kappa shape index (κ2) is 7.20. The van der Waals surface area contributed by atoms with Crippen molar-refractivity contribution < 1.29 is 4.79 Å². The van der Waals surface area contributed by atoms with Crippen LogP contribution in [0, 0.1) is 20.8 Å². The number of aryl methyl sites for hydroxylation is 2. The summed E-state index contributed by atoms with van der Waals surface area (Å²) in [5.41, 5.74) is 6.88. The number of nitrogens with zero attached hydrogens (tertiary/aromatic N) is 2. The third kappa shape index (κ3) is 3.37. The highest BCUT2D eigenvalue weighted by Gasteiger charge is 2.23. The first kappa shape index (κ1) is 17.8. The number of carbonyl (C=O) groups excluding carboxylic acids is 1. The minimum Gasteiger partial charge on any atom is -0.369 e. The number of hydrogen-bond acceptors (Lipinski definition) is 3. The molecule has 1 saturated heterocycles. The van der Waals surface area contributed by atoms with E-state index in [1.165, 1.54) is 16.8 Å². The Morgan fingerprint density at radius 2 is 1.70 bits per heavy atom. The maximum Gasteiger partial charge on any atom is 0.179 e. The highest BCUT2D eigenvalue weighted by Crippen LogP contribution is 2.25. The second-order valence-corrected chi connectivity index (χ2v) is 7.58. The van der Waals surface area contributed by atoms with E-state index in [9.17, 15) is 4.79 Å². The molecule has 1 aromatic heterocycles. The van der Waals surface area contributed by atoms with Crippen LogP contribution in [-0.4, -0.2) is 48.4 Å². The minimum atomic E-state index is 0.213. The molecule has 0 bridgehead atoms. The Kier molecular flexibility index (Phi) is 4.75. The van der Waals surface area contributed by atoms with Crippen molar-refractivity contribution in [2.24, 2.45) is 0 Å². The molecule has 4 nitrogen and oxygen atoms in total. The maximum atomic E-state index is 13.0. The van der Waals surface area contributed by atoms with Gasteiger partial charge in [0.2, 0.25) is 0 Å². The van der Waals surface area contributed by atoms with Crippen LogP contribution in [0.1, 0.15) is 27.2 Å². The zero-order valence-electron chi connectivity index (χ0n) is 16.4. The van der Waals surface area contributed by atoms with Crippen LogP contribution in [-0.2, 0) is 0 Å². The lowest BCUT2D eigenvalue weighted by Crippen LogP contribution is -2.48. The van der Waals surface area contributed by atoms with Gasteiger partial charge in [-0.25, -0.2) is 0 Å². The highest BCUT2D eigenvalue weighted by atomic mass is 16.1. The van der Waals surface area contributed by atoms with Crippen molar-refractivity contribution in [3.63, 3.8) is 0 Å². The van der Waals surface area contributed by atoms with Crippen LogP contribution in [0.3, 0.4) is 0 Å². The van der Waals surface area contributed by atoms with Crippen LogP contribution in [0.25, 0.3) is 10.9 Å². The number of para-hydroxylation sites is 1. The molecule has 2 heterocycles. The quantitative estimate of drug-likeness (QED) is 0.711. The molecule has 1 aliphatic heterocycles. The highest BCUT2D eigenvalue weighted by molar-refractivity contribution is 6.10. The lowest BCUT2D eigenvalue weighted by Gasteiger charge is -2.36. The number of Topliss-reactive ketones (excluding diaryl/α,β-unsaturated/α-hetero) is 1. The number of hydrogen-bond donors (Lipinski definition) is 1. The van der Waals surface area contributed by atoms with E-state index in [0.29, 0.717) is 6.54 Å². The molecule has 3 aromatic rings. The van der Waals surface area contributed by atoms with Gasteiger partial charge in [0.1, 0.15) is 0 Å². The molecule has 1 fully saturated rings. The molecule has 0 radical (unpaired) electrons. The zero-order valence-corrected chi connectivity index (χ0v) is 16.4. The molecule has 0 aliphatic carbocycles. The van der Waals surface area contributed by atoms with Gasteiger partial charge in [0.15, 0.2) is 5.78 Å². The Morgan fingerprint density at radius 1 is 0.963 bits per heavy atom. The first-order chi connectivity index (χ1) is 13.0. The van der Waals surface area contributed by atoms with Crippen molar-refractivity contribution in [1.29, 1.82) is 0 Å². The summed E-state index contributed by atoms with van der Waals surface area (Å²) in [6.07, 6.45) is 0. The summed E-state index contributed by atoms with van der Waals surface area (Å²) in [4.78, 5) is 21.0. The molecule has 27 heavy (non-hydrogen) atoms. The Hall–Kier alpha value is -2.59. The van der Waals surface area contributed by atoms with Crippen molar-refractivity contribution in [3.8, 4) is 0 Å². The lowest BCUT2D eigenvalue weighted by molar-refractivity contribution is 0.0927. The van der Waals surface area contributed by atoms with E-state index < -0.39 is 0 Å². The number of H-pyrrole nitrogens is 1. The summed E-state index contributed by atoms with van der Waals surface area (Å²) >= 11 is 0. The standard InChI is InChI=1S/C23H27N3O/c1-16-7-6-10-21(17(16)2)26-13-11-25(12-14-26)15-22(27)23-18(3)24-20-9-5-4-8-19(20)23/h4-10,24H,11-15H2,1-3H3. The average molecular weight is 361 g/mol. The normalized spacial score (nSPS) is 15.4. The summed E-state index contributed by atoms with van der Waals surface area (Å²) < 4.78 is 0. The van der Waals surface area contributed by atoms with Crippen LogP contribution in [0.15, 0.2) is 42.5 Å². The van der Waals surface area contributed by atoms with Crippen molar-refractivity contribution in [3.05, 3.63) is 64.8 Å². The topological polar surface area (TPSA) is 39.3 Å². The predicted octanol–water partition coefficient (Wildman–Crippen LogP) is 4.10. The molecule has 1 N–H and O–H groups in total. The minimum absolute atomic E-state index is 0.213. The summed E-state index contributed by atoms with van der Waals surface area (Å²) in [6, 6.07) is 14.6. The molecule has 1 aliphatic rings. The molecule has 0 spiro atoms. The van der Waals surface area contributed by atoms with Gasteiger partial charge >= 0.3 is 0 Å². The number of benzene rings is 2. The molecule has 0 amide bonds. The van der Waals surface area contributed by atoms with Gasteiger partial charge in [-0.2, -0.15) is 0 Å². The number of carbonyl (C=O) groups is 1. The molecule has 2 aromatic carbocycles. The summed E-state index contributed by atoms with van der Waals surface area (Å²) in [5.74, 6) is 0.213. The monoisotopic (exact) mass is 361 g/mol.